The van der Waals surface area contributed by atoms with E-state index >= 15 is 0 Å². The summed E-state index contributed by atoms with van der Waals surface area (Å²) < 4.78 is 0. The first kappa shape index (κ1) is 20.7. The molecule has 150 valence electrons. The first-order valence-electron chi connectivity index (χ1n) is 9.63. The van der Waals surface area contributed by atoms with E-state index in [9.17, 15) is 9.59 Å². The van der Waals surface area contributed by atoms with Gasteiger partial charge in [0.1, 0.15) is 11.0 Å². The Morgan fingerprint density at radius 3 is 2.31 bits per heavy atom. The van der Waals surface area contributed by atoms with Crippen LogP contribution in [0.2, 0.25) is 0 Å². The van der Waals surface area contributed by atoms with E-state index in [0.29, 0.717) is 6.54 Å². The average molecular weight is 408 g/mol. The van der Waals surface area contributed by atoms with Gasteiger partial charge in [-0.25, -0.2) is 4.98 Å². The molecule has 1 heterocycles. The molecule has 0 aliphatic heterocycles. The number of hydrogen-bond acceptors (Lipinski definition) is 4. The van der Waals surface area contributed by atoms with Gasteiger partial charge in [0, 0.05) is 10.9 Å². The maximum atomic E-state index is 12.7. The predicted molar refractivity (Wildman–Crippen MR) is 116 cm³/mol. The fraction of sp³-hybridized carbons (Fsp3) is 0.261. The highest BCUT2D eigenvalue weighted by molar-refractivity contribution is 7.13. The molecule has 0 aliphatic rings. The number of nitrogens with zero attached hydrogens (tertiary/aromatic N) is 1. The van der Waals surface area contributed by atoms with Crippen LogP contribution in [0.1, 0.15) is 25.1 Å². The van der Waals surface area contributed by atoms with Crippen molar-refractivity contribution in [1.82, 2.24) is 15.6 Å². The molecule has 0 fully saturated rings. The van der Waals surface area contributed by atoms with Crippen LogP contribution in [0.4, 0.5) is 0 Å². The fourth-order valence-electron chi connectivity index (χ4n) is 2.93. The molecule has 1 aromatic heterocycles. The smallest absolute Gasteiger partial charge is 0.243 e. The number of hydrogen-bond donors (Lipinski definition) is 2. The van der Waals surface area contributed by atoms with Crippen LogP contribution < -0.4 is 10.6 Å². The summed E-state index contributed by atoms with van der Waals surface area (Å²) in [5, 5.41) is 8.64. The van der Waals surface area contributed by atoms with Crippen molar-refractivity contribution in [3.05, 3.63) is 77.3 Å². The molecule has 0 saturated heterocycles. The van der Waals surface area contributed by atoms with E-state index in [0.717, 1.165) is 21.8 Å². The zero-order chi connectivity index (χ0) is 20.6. The lowest BCUT2D eigenvalue weighted by Gasteiger charge is -2.21. The van der Waals surface area contributed by atoms with Crippen LogP contribution in [-0.2, 0) is 22.6 Å². The number of carbonyl (C=O) groups is 2. The van der Waals surface area contributed by atoms with E-state index in [1.165, 1.54) is 0 Å². The van der Waals surface area contributed by atoms with Gasteiger partial charge in [-0.1, -0.05) is 74.5 Å². The molecule has 3 aromatic rings. The van der Waals surface area contributed by atoms with Crippen LogP contribution in [0.25, 0.3) is 10.6 Å². The van der Waals surface area contributed by atoms with Gasteiger partial charge in [0.25, 0.3) is 0 Å². The molecule has 2 amide bonds. The molecule has 29 heavy (non-hydrogen) atoms. The van der Waals surface area contributed by atoms with Crippen molar-refractivity contribution in [3.63, 3.8) is 0 Å². The topological polar surface area (TPSA) is 71.1 Å². The van der Waals surface area contributed by atoms with Crippen molar-refractivity contribution < 1.29 is 9.59 Å². The number of benzene rings is 2. The molecule has 5 nitrogen and oxygen atoms in total. The van der Waals surface area contributed by atoms with Crippen molar-refractivity contribution in [3.8, 4) is 10.6 Å². The Hall–Kier alpha value is -2.99. The minimum atomic E-state index is -0.585. The molecule has 6 heteroatoms. The quantitative estimate of drug-likeness (QED) is 0.596. The van der Waals surface area contributed by atoms with Crippen LogP contribution >= 0.6 is 11.3 Å². The summed E-state index contributed by atoms with van der Waals surface area (Å²) in [5.41, 5.74) is 2.78. The minimum absolute atomic E-state index is 0.0231. The van der Waals surface area contributed by atoms with E-state index in [1.807, 2.05) is 79.9 Å². The molecule has 0 saturated carbocycles. The van der Waals surface area contributed by atoms with Gasteiger partial charge in [-0.15, -0.1) is 11.3 Å². The molecule has 3 rings (SSSR count). The Balaban J connectivity index is 1.56. The van der Waals surface area contributed by atoms with Gasteiger partial charge in [-0.3, -0.25) is 9.59 Å². The number of carbonyl (C=O) groups excluding carboxylic acids is 2. The largest absolute Gasteiger partial charge is 0.349 e. The van der Waals surface area contributed by atoms with Crippen LogP contribution in [0, 0.1) is 5.92 Å². The fourth-order valence-corrected chi connectivity index (χ4v) is 3.76. The van der Waals surface area contributed by atoms with Crippen LogP contribution in [0.3, 0.4) is 0 Å². The molecule has 0 radical (unpaired) electrons. The second-order valence-corrected chi connectivity index (χ2v) is 8.04. The Kier molecular flexibility index (Phi) is 7.14. The highest BCUT2D eigenvalue weighted by Crippen LogP contribution is 2.23. The van der Waals surface area contributed by atoms with E-state index in [1.54, 1.807) is 11.3 Å². The predicted octanol–water partition coefficient (Wildman–Crippen LogP) is 3.81. The maximum absolute atomic E-state index is 12.7. The summed E-state index contributed by atoms with van der Waals surface area (Å²) in [6.07, 6.45) is 0.254. The van der Waals surface area contributed by atoms with Gasteiger partial charge in [-0.2, -0.15) is 0 Å². The SMILES string of the molecule is CC(C)[C@@H](NC(=O)Cc1ccccc1)C(=O)NCc1csc(-c2ccccc2)n1. The third-order valence-corrected chi connectivity index (χ3v) is 5.43. The summed E-state index contributed by atoms with van der Waals surface area (Å²) in [4.78, 5) is 29.6. The molecule has 2 N–H and O–H groups in total. The monoisotopic (exact) mass is 407 g/mol. The second-order valence-electron chi connectivity index (χ2n) is 7.18. The lowest BCUT2D eigenvalue weighted by Crippen LogP contribution is -2.49. The summed E-state index contributed by atoms with van der Waals surface area (Å²) in [5.74, 6) is -0.384. The molecule has 0 unspecified atom stereocenters. The third kappa shape index (κ3) is 5.99. The van der Waals surface area contributed by atoms with Crippen molar-refractivity contribution >= 4 is 23.2 Å². The maximum Gasteiger partial charge on any atom is 0.243 e. The van der Waals surface area contributed by atoms with E-state index < -0.39 is 6.04 Å². The highest BCUT2D eigenvalue weighted by atomic mass is 32.1. The number of nitrogens with one attached hydrogen (secondary N) is 2. The standard InChI is InChI=1S/C23H25N3O2S/c1-16(2)21(26-20(27)13-17-9-5-3-6-10-17)22(28)24-14-19-15-29-23(25-19)18-11-7-4-8-12-18/h3-12,15-16,21H,13-14H2,1-2H3,(H,24,28)(H,26,27)/t21-/m1/s1. The molecule has 0 spiro atoms. The summed E-state index contributed by atoms with van der Waals surface area (Å²) in [6, 6.07) is 18.9. The minimum Gasteiger partial charge on any atom is -0.349 e. The Labute approximate surface area is 175 Å². The first-order chi connectivity index (χ1) is 14.0. The lowest BCUT2D eigenvalue weighted by molar-refractivity contribution is -0.129. The van der Waals surface area contributed by atoms with Crippen LogP contribution in [0.5, 0.6) is 0 Å². The van der Waals surface area contributed by atoms with E-state index in [2.05, 4.69) is 15.6 Å². The van der Waals surface area contributed by atoms with Crippen molar-refractivity contribution in [2.45, 2.75) is 32.9 Å². The molecule has 2 aromatic carbocycles. The zero-order valence-corrected chi connectivity index (χ0v) is 17.4. The number of rotatable bonds is 8. The van der Waals surface area contributed by atoms with Gasteiger partial charge < -0.3 is 10.6 Å². The molecule has 0 aliphatic carbocycles. The van der Waals surface area contributed by atoms with Crippen LogP contribution in [-0.4, -0.2) is 22.8 Å². The molecular formula is C23H25N3O2S. The van der Waals surface area contributed by atoms with Gasteiger partial charge in [0.15, 0.2) is 0 Å². The van der Waals surface area contributed by atoms with Crippen molar-refractivity contribution in [2.75, 3.05) is 0 Å². The van der Waals surface area contributed by atoms with Gasteiger partial charge >= 0.3 is 0 Å². The van der Waals surface area contributed by atoms with E-state index in [-0.39, 0.29) is 24.2 Å². The first-order valence-corrected chi connectivity index (χ1v) is 10.5. The van der Waals surface area contributed by atoms with Crippen molar-refractivity contribution in [1.29, 1.82) is 0 Å². The Bertz CT molecular complexity index is 939. The lowest BCUT2D eigenvalue weighted by atomic mass is 10.0. The van der Waals surface area contributed by atoms with Crippen molar-refractivity contribution in [2.24, 2.45) is 5.92 Å². The number of aromatic nitrogens is 1. The molecule has 0 bridgehead atoms. The van der Waals surface area contributed by atoms with Gasteiger partial charge in [-0.05, 0) is 11.5 Å². The average Bonchev–Trinajstić information content (AvgIpc) is 3.20. The molecule has 1 atom stereocenters. The second kappa shape index (κ2) is 9.98. The Morgan fingerprint density at radius 1 is 1.00 bits per heavy atom. The van der Waals surface area contributed by atoms with Gasteiger partial charge in [0.2, 0.25) is 11.8 Å². The number of amides is 2. The highest BCUT2D eigenvalue weighted by Gasteiger charge is 2.24. The van der Waals surface area contributed by atoms with Crippen LogP contribution in [0.15, 0.2) is 66.0 Å². The number of thiazole rings is 1. The van der Waals surface area contributed by atoms with E-state index in [4.69, 9.17) is 0 Å². The normalized spacial score (nSPS) is 11.8. The van der Waals surface area contributed by atoms with Gasteiger partial charge in [0.05, 0.1) is 18.7 Å². The third-order valence-electron chi connectivity index (χ3n) is 4.49. The summed E-state index contributed by atoms with van der Waals surface area (Å²) in [6.45, 7) is 4.17. The Morgan fingerprint density at radius 2 is 1.66 bits per heavy atom. The summed E-state index contributed by atoms with van der Waals surface area (Å²) in [7, 11) is 0. The summed E-state index contributed by atoms with van der Waals surface area (Å²) >= 11 is 1.55. The molecular weight excluding hydrogens is 382 g/mol. The zero-order valence-electron chi connectivity index (χ0n) is 16.6.